The van der Waals surface area contributed by atoms with Crippen LogP contribution >= 0.6 is 0 Å². The van der Waals surface area contributed by atoms with Gasteiger partial charge in [0.1, 0.15) is 109 Å². The standard InChI is InChI=1S/C54H84O24/c1-22(2)9-8-14-53(7)44-25(59)17-52(6)24-10-11-30-50(3,4)31(13-15-51(30,5)23(24)12-16-54(44,52)49(69)78-53)74-48-43(36(64)33(61)27(19-56)72-48)77-46-39(67)37(65)41(29(21-58)73-46)75-47-40(68)42(34(62)28(20-57)71-47)76-45-38(66)35(63)32(60)26(18-55)70-45/h12,24,26-48,55-58,60-68H,1,8-11,13-21H2,2-7H3. The predicted octanol–water partition coefficient (Wildman–Crippen LogP) is -2.53. The van der Waals surface area contributed by atoms with Crippen LogP contribution in [-0.4, -0.2) is 239 Å². The number of ether oxygens (including phenoxy) is 9. The summed E-state index contributed by atoms with van der Waals surface area (Å²) < 4.78 is 53.8. The van der Waals surface area contributed by atoms with Gasteiger partial charge >= 0.3 is 5.97 Å². The molecule has 24 nitrogen and oxygen atoms in total. The zero-order valence-corrected chi connectivity index (χ0v) is 45.1. The molecule has 0 amide bonds. The van der Waals surface area contributed by atoms with Crippen LogP contribution in [0.2, 0.25) is 0 Å². The second-order valence-corrected chi connectivity index (χ2v) is 25.0. The highest BCUT2D eigenvalue weighted by molar-refractivity contribution is 5.99. The second kappa shape index (κ2) is 22.4. The van der Waals surface area contributed by atoms with E-state index in [-0.39, 0.29) is 35.4 Å². The number of carbonyl (C=O) groups excluding carboxylic acids is 2. The molecule has 8 fully saturated rings. The first-order valence-electron chi connectivity index (χ1n) is 27.6. The first kappa shape index (κ1) is 60.4. The average molecular weight is 1120 g/mol. The van der Waals surface area contributed by atoms with Crippen molar-refractivity contribution in [2.45, 2.75) is 234 Å². The molecule has 28 unspecified atom stereocenters. The highest BCUT2D eigenvalue weighted by Gasteiger charge is 2.79. The van der Waals surface area contributed by atoms with Gasteiger partial charge in [-0.3, -0.25) is 9.59 Å². The number of aliphatic hydroxyl groups excluding tert-OH is 13. The van der Waals surface area contributed by atoms with Crippen LogP contribution in [-0.2, 0) is 52.2 Å². The fraction of sp³-hybridized carbons (Fsp3) is 0.889. The number of aliphatic hydroxyl groups is 13. The number of hydrogen-bond acceptors (Lipinski definition) is 24. The van der Waals surface area contributed by atoms with Crippen LogP contribution in [0.4, 0.5) is 0 Å². The summed E-state index contributed by atoms with van der Waals surface area (Å²) in [5, 5.41) is 140. The highest BCUT2D eigenvalue weighted by Crippen LogP contribution is 2.75. The van der Waals surface area contributed by atoms with Crippen LogP contribution in [0.25, 0.3) is 0 Å². The summed E-state index contributed by atoms with van der Waals surface area (Å²) in [7, 11) is 0. The van der Waals surface area contributed by atoms with Crippen molar-refractivity contribution >= 4 is 11.8 Å². The molecule has 5 aliphatic heterocycles. The molecule has 0 aromatic carbocycles. The normalized spacial score (nSPS) is 51.9. The van der Waals surface area contributed by atoms with E-state index in [1.807, 2.05) is 13.8 Å². The molecule has 5 heterocycles. The summed E-state index contributed by atoms with van der Waals surface area (Å²) in [6, 6.07) is 0. The molecule has 3 saturated carbocycles. The summed E-state index contributed by atoms with van der Waals surface area (Å²) in [6.45, 7) is 13.0. The lowest BCUT2D eigenvalue weighted by molar-refractivity contribution is -0.395. The van der Waals surface area contributed by atoms with Crippen molar-refractivity contribution in [3.8, 4) is 0 Å². The topological polar surface area (TPSA) is 380 Å². The number of hydrogen-bond donors (Lipinski definition) is 13. The van der Waals surface area contributed by atoms with Crippen molar-refractivity contribution in [3.05, 3.63) is 23.8 Å². The van der Waals surface area contributed by atoms with E-state index in [0.29, 0.717) is 32.1 Å². The number of fused-ring (bicyclic) bond motifs is 4. The van der Waals surface area contributed by atoms with Gasteiger partial charge < -0.3 is 109 Å². The minimum absolute atomic E-state index is 0.00936. The van der Waals surface area contributed by atoms with E-state index in [2.05, 4.69) is 40.3 Å². The van der Waals surface area contributed by atoms with Gasteiger partial charge in [0, 0.05) is 6.42 Å². The smallest absolute Gasteiger partial charge is 0.314 e. The summed E-state index contributed by atoms with van der Waals surface area (Å²) in [6.07, 6.45) is -28.8. The van der Waals surface area contributed by atoms with Crippen LogP contribution in [0, 0.1) is 39.4 Å². The molecule has 78 heavy (non-hydrogen) atoms. The van der Waals surface area contributed by atoms with Crippen molar-refractivity contribution < 1.29 is 119 Å². The average Bonchev–Trinajstić information content (AvgIpc) is 3.00. The predicted molar refractivity (Wildman–Crippen MR) is 263 cm³/mol. The Morgan fingerprint density at radius 2 is 1.14 bits per heavy atom. The zero-order chi connectivity index (χ0) is 56.9. The Kier molecular flexibility index (Phi) is 17.3. The number of allylic oxidation sites excluding steroid dienone is 3. The summed E-state index contributed by atoms with van der Waals surface area (Å²) >= 11 is 0. The van der Waals surface area contributed by atoms with Gasteiger partial charge in [0.25, 0.3) is 0 Å². The third-order valence-corrected chi connectivity index (χ3v) is 20.1. The molecule has 9 aliphatic rings. The number of rotatable bonds is 16. The molecule has 0 aromatic rings. The Morgan fingerprint density at radius 1 is 0.615 bits per heavy atom. The number of cyclic esters (lactones) is 1. The second-order valence-electron chi connectivity index (χ2n) is 25.0. The van der Waals surface area contributed by atoms with Gasteiger partial charge in [0.15, 0.2) is 25.2 Å². The van der Waals surface area contributed by atoms with Crippen LogP contribution in [0.3, 0.4) is 0 Å². The molecule has 0 bridgehead atoms. The van der Waals surface area contributed by atoms with Crippen molar-refractivity contribution in [2.75, 3.05) is 26.4 Å². The number of ketones is 1. The maximum atomic E-state index is 14.4. The van der Waals surface area contributed by atoms with Crippen molar-refractivity contribution in [3.63, 3.8) is 0 Å². The molecule has 0 radical (unpaired) electrons. The monoisotopic (exact) mass is 1120 g/mol. The van der Waals surface area contributed by atoms with Gasteiger partial charge in [0.2, 0.25) is 0 Å². The molecule has 1 spiro atoms. The molecule has 24 heteroatoms. The van der Waals surface area contributed by atoms with Crippen molar-refractivity contribution in [1.29, 1.82) is 0 Å². The summed E-state index contributed by atoms with van der Waals surface area (Å²) in [5.74, 6) is -0.841. The van der Waals surface area contributed by atoms with Gasteiger partial charge in [-0.25, -0.2) is 0 Å². The van der Waals surface area contributed by atoms with Gasteiger partial charge in [-0.15, -0.1) is 6.58 Å². The van der Waals surface area contributed by atoms with E-state index < -0.39 is 183 Å². The Bertz CT molecular complexity index is 2210. The van der Waals surface area contributed by atoms with Crippen molar-refractivity contribution in [2.24, 2.45) is 39.4 Å². The van der Waals surface area contributed by atoms with Crippen LogP contribution < -0.4 is 0 Å². The Labute approximate surface area is 452 Å². The Balaban J connectivity index is 0.900. The van der Waals surface area contributed by atoms with Gasteiger partial charge in [0.05, 0.1) is 43.9 Å². The van der Waals surface area contributed by atoms with Crippen LogP contribution in [0.5, 0.6) is 0 Å². The lowest BCUT2D eigenvalue weighted by Crippen LogP contribution is -2.68. The Morgan fingerprint density at radius 3 is 1.76 bits per heavy atom. The Hall–Kier alpha value is -2.22. The molecule has 9 rings (SSSR count). The molecule has 4 aliphatic carbocycles. The largest absolute Gasteiger partial charge is 0.458 e. The van der Waals surface area contributed by atoms with E-state index in [1.54, 1.807) is 0 Å². The third-order valence-electron chi connectivity index (χ3n) is 20.1. The maximum Gasteiger partial charge on any atom is 0.314 e. The summed E-state index contributed by atoms with van der Waals surface area (Å²) in [5.41, 5.74) is -1.31. The molecule has 13 N–H and O–H groups in total. The molecule has 0 aromatic heterocycles. The fourth-order valence-corrected chi connectivity index (χ4v) is 15.9. The zero-order valence-electron chi connectivity index (χ0n) is 45.1. The maximum absolute atomic E-state index is 14.4. The number of carbonyl (C=O) groups is 2. The third kappa shape index (κ3) is 9.69. The van der Waals surface area contributed by atoms with E-state index in [9.17, 15) is 76.0 Å². The van der Waals surface area contributed by atoms with Crippen molar-refractivity contribution in [1.82, 2.24) is 0 Å². The van der Waals surface area contributed by atoms with E-state index in [1.165, 1.54) is 5.57 Å². The highest BCUT2D eigenvalue weighted by atomic mass is 16.8. The van der Waals surface area contributed by atoms with Gasteiger partial charge in [-0.2, -0.15) is 0 Å². The fourth-order valence-electron chi connectivity index (χ4n) is 15.9. The summed E-state index contributed by atoms with van der Waals surface area (Å²) in [4.78, 5) is 28.7. The molecular weight excluding hydrogens is 1030 g/mol. The molecular formula is C54H84O24. The van der Waals surface area contributed by atoms with E-state index in [4.69, 9.17) is 42.6 Å². The van der Waals surface area contributed by atoms with Gasteiger partial charge in [-0.05, 0) is 93.3 Å². The minimum atomic E-state index is -2.07. The first-order chi connectivity index (χ1) is 36.7. The minimum Gasteiger partial charge on any atom is -0.458 e. The molecule has 28 atom stereocenters. The van der Waals surface area contributed by atoms with Gasteiger partial charge in [-0.1, -0.05) is 44.9 Å². The first-order valence-corrected chi connectivity index (χ1v) is 27.6. The quantitative estimate of drug-likeness (QED) is 0.0431. The number of Topliss-reactive ketones (excluding diaryl/α,β-unsaturated/α-hetero) is 1. The van der Waals surface area contributed by atoms with Crippen LogP contribution in [0.15, 0.2) is 23.8 Å². The molecule has 444 valence electrons. The van der Waals surface area contributed by atoms with E-state index in [0.717, 1.165) is 24.8 Å². The lowest BCUT2D eigenvalue weighted by Gasteiger charge is -2.63. The number of esters is 1. The molecule has 5 saturated heterocycles. The lowest BCUT2D eigenvalue weighted by atomic mass is 9.41. The van der Waals surface area contributed by atoms with E-state index >= 15 is 0 Å². The van der Waals surface area contributed by atoms with Crippen LogP contribution in [0.1, 0.15) is 99.3 Å². The SMILES string of the molecule is C=C(C)CCCC1(C)OC(=O)C23CC=C4C(CCC5C4(C)CCC(OC4OC(CO)C(O)C(O)C4OC4OC(CO)C(OC6OC(CO)C(O)C(OC7OC(CO)C(O)C(O)C7O)C6O)C(O)C4O)C5(C)C)C2(C)CC(=O)C13.